The van der Waals surface area contributed by atoms with Crippen LogP contribution < -0.4 is 5.73 Å². The molecule has 0 heterocycles. The van der Waals surface area contributed by atoms with E-state index in [4.69, 9.17) is 5.73 Å². The molecule has 14 heavy (non-hydrogen) atoms. The number of ketones is 1. The molecule has 0 saturated heterocycles. The molecule has 0 spiro atoms. The van der Waals surface area contributed by atoms with Gasteiger partial charge in [-0.25, -0.2) is 0 Å². The molecule has 2 nitrogen and oxygen atoms in total. The van der Waals surface area contributed by atoms with Crippen LogP contribution in [0.5, 0.6) is 0 Å². The lowest BCUT2D eigenvalue weighted by Gasteiger charge is -2.23. The smallest absolute Gasteiger partial charge is 0.182 e. The van der Waals surface area contributed by atoms with Crippen molar-refractivity contribution < 1.29 is 4.79 Å². The zero-order chi connectivity index (χ0) is 10.0. The summed E-state index contributed by atoms with van der Waals surface area (Å²) >= 11 is 0. The molecule has 0 radical (unpaired) electrons. The lowest BCUT2D eigenvalue weighted by atomic mass is 9.86. The maximum absolute atomic E-state index is 12.1. The van der Waals surface area contributed by atoms with E-state index < -0.39 is 5.54 Å². The van der Waals surface area contributed by atoms with Crippen LogP contribution in [0.2, 0.25) is 0 Å². The van der Waals surface area contributed by atoms with Gasteiger partial charge in [0.1, 0.15) is 0 Å². The Balaban J connectivity index is 2.14. The van der Waals surface area contributed by atoms with Gasteiger partial charge in [0, 0.05) is 5.57 Å². The first kappa shape index (κ1) is 9.66. The average Bonchev–Trinajstić information content (AvgIpc) is 2.67. The number of rotatable bonds is 2. The molecule has 2 aliphatic rings. The fourth-order valence-electron chi connectivity index (χ4n) is 2.30. The maximum Gasteiger partial charge on any atom is 0.182 e. The van der Waals surface area contributed by atoms with Crippen molar-refractivity contribution in [1.29, 1.82) is 0 Å². The second-order valence-corrected chi connectivity index (χ2v) is 4.33. The molecule has 0 aliphatic heterocycles. The molecular weight excluding hydrogens is 174 g/mol. The predicted octanol–water partition coefficient (Wildman–Crippen LogP) is 2.10. The van der Waals surface area contributed by atoms with Crippen molar-refractivity contribution in [3.05, 3.63) is 23.8 Å². The highest BCUT2D eigenvalue weighted by molar-refractivity contribution is 6.05. The van der Waals surface area contributed by atoms with Gasteiger partial charge in [-0.15, -0.1) is 0 Å². The molecule has 2 aliphatic carbocycles. The summed E-state index contributed by atoms with van der Waals surface area (Å²) < 4.78 is 0. The normalized spacial score (nSPS) is 24.8. The monoisotopic (exact) mass is 191 g/mol. The lowest BCUT2D eigenvalue weighted by molar-refractivity contribution is -0.120. The molecule has 0 atom stereocenters. The standard InChI is InChI=1S/C12H17NO/c13-12(8-4-5-9-12)11(14)10-6-2-1-3-7-10/h2,6-7H,1,3-5,8-9,13H2. The van der Waals surface area contributed by atoms with Crippen molar-refractivity contribution in [3.63, 3.8) is 0 Å². The number of hydrogen-bond donors (Lipinski definition) is 1. The Morgan fingerprint density at radius 2 is 2.00 bits per heavy atom. The van der Waals surface area contributed by atoms with Gasteiger partial charge in [0.15, 0.2) is 5.78 Å². The van der Waals surface area contributed by atoms with Crippen LogP contribution >= 0.6 is 0 Å². The topological polar surface area (TPSA) is 43.1 Å². The van der Waals surface area contributed by atoms with Crippen LogP contribution in [-0.2, 0) is 4.79 Å². The number of carbonyl (C=O) groups is 1. The Bertz CT molecular complexity index is 295. The molecular formula is C12H17NO. The summed E-state index contributed by atoms with van der Waals surface area (Å²) in [6, 6.07) is 0. The van der Waals surface area contributed by atoms with E-state index in [-0.39, 0.29) is 5.78 Å². The van der Waals surface area contributed by atoms with Gasteiger partial charge in [-0.05, 0) is 25.7 Å². The van der Waals surface area contributed by atoms with E-state index in [1.54, 1.807) is 0 Å². The maximum atomic E-state index is 12.1. The minimum atomic E-state index is -0.548. The summed E-state index contributed by atoms with van der Waals surface area (Å²) in [6.45, 7) is 0. The van der Waals surface area contributed by atoms with Crippen LogP contribution in [0.1, 0.15) is 38.5 Å². The van der Waals surface area contributed by atoms with E-state index in [1.165, 1.54) is 0 Å². The van der Waals surface area contributed by atoms with Gasteiger partial charge in [-0.1, -0.05) is 31.1 Å². The minimum Gasteiger partial charge on any atom is -0.319 e. The lowest BCUT2D eigenvalue weighted by Crippen LogP contribution is -2.45. The molecule has 2 heteroatoms. The number of Topliss-reactive ketones (excluding diaryl/α,β-unsaturated/α-hetero) is 1. The summed E-state index contributed by atoms with van der Waals surface area (Å²) in [6.07, 6.45) is 12.0. The Morgan fingerprint density at radius 3 is 2.57 bits per heavy atom. The van der Waals surface area contributed by atoms with Crippen molar-refractivity contribution in [2.45, 2.75) is 44.1 Å². The Kier molecular flexibility index (Phi) is 2.55. The van der Waals surface area contributed by atoms with Gasteiger partial charge in [-0.2, -0.15) is 0 Å². The highest BCUT2D eigenvalue weighted by atomic mass is 16.1. The summed E-state index contributed by atoms with van der Waals surface area (Å²) in [7, 11) is 0. The van der Waals surface area contributed by atoms with Gasteiger partial charge in [-0.3, -0.25) is 4.79 Å². The summed E-state index contributed by atoms with van der Waals surface area (Å²) in [5, 5.41) is 0. The molecule has 0 bridgehead atoms. The Morgan fingerprint density at radius 1 is 1.29 bits per heavy atom. The zero-order valence-electron chi connectivity index (χ0n) is 8.46. The molecule has 0 unspecified atom stereocenters. The second-order valence-electron chi connectivity index (χ2n) is 4.33. The van der Waals surface area contributed by atoms with Gasteiger partial charge in [0.25, 0.3) is 0 Å². The van der Waals surface area contributed by atoms with Crippen LogP contribution in [-0.4, -0.2) is 11.3 Å². The minimum absolute atomic E-state index is 0.158. The van der Waals surface area contributed by atoms with Crippen LogP contribution in [0.15, 0.2) is 23.8 Å². The van der Waals surface area contributed by atoms with Crippen molar-refractivity contribution in [1.82, 2.24) is 0 Å². The van der Waals surface area contributed by atoms with Crippen LogP contribution in [0, 0.1) is 0 Å². The molecule has 2 N–H and O–H groups in total. The van der Waals surface area contributed by atoms with Crippen molar-refractivity contribution in [2.75, 3.05) is 0 Å². The van der Waals surface area contributed by atoms with Crippen LogP contribution in [0.25, 0.3) is 0 Å². The molecule has 1 fully saturated rings. The zero-order valence-corrected chi connectivity index (χ0v) is 8.46. The molecule has 76 valence electrons. The Hall–Kier alpha value is -0.890. The first-order chi connectivity index (χ1) is 6.72. The number of carbonyl (C=O) groups excluding carboxylic acids is 1. The third-order valence-corrected chi connectivity index (χ3v) is 3.21. The summed E-state index contributed by atoms with van der Waals surface area (Å²) in [4.78, 5) is 12.1. The Labute approximate surface area is 84.9 Å². The molecule has 1 saturated carbocycles. The molecule has 0 aromatic carbocycles. The molecule has 0 aromatic heterocycles. The summed E-state index contributed by atoms with van der Waals surface area (Å²) in [5.41, 5.74) is 6.40. The fourth-order valence-corrected chi connectivity index (χ4v) is 2.30. The van der Waals surface area contributed by atoms with Gasteiger partial charge < -0.3 is 5.73 Å². The highest BCUT2D eigenvalue weighted by Gasteiger charge is 2.37. The van der Waals surface area contributed by atoms with Gasteiger partial charge >= 0.3 is 0 Å². The molecule has 2 rings (SSSR count). The first-order valence-electron chi connectivity index (χ1n) is 5.43. The largest absolute Gasteiger partial charge is 0.319 e. The van der Waals surface area contributed by atoms with E-state index in [0.29, 0.717) is 0 Å². The van der Waals surface area contributed by atoms with E-state index >= 15 is 0 Å². The molecule has 0 aromatic rings. The number of nitrogens with two attached hydrogens (primary N) is 1. The van der Waals surface area contributed by atoms with Crippen LogP contribution in [0.3, 0.4) is 0 Å². The highest BCUT2D eigenvalue weighted by Crippen LogP contribution is 2.31. The third-order valence-electron chi connectivity index (χ3n) is 3.21. The van der Waals surface area contributed by atoms with E-state index in [0.717, 1.165) is 44.1 Å². The number of allylic oxidation sites excluding steroid dienone is 3. The van der Waals surface area contributed by atoms with Crippen molar-refractivity contribution >= 4 is 5.78 Å². The average molecular weight is 191 g/mol. The van der Waals surface area contributed by atoms with E-state index in [2.05, 4.69) is 6.08 Å². The second kappa shape index (κ2) is 3.70. The SMILES string of the molecule is NC1(C(=O)C2=CCCC=C2)CCCC1. The van der Waals surface area contributed by atoms with E-state index in [9.17, 15) is 4.79 Å². The summed E-state index contributed by atoms with van der Waals surface area (Å²) in [5.74, 6) is 0.158. The van der Waals surface area contributed by atoms with Crippen LogP contribution in [0.4, 0.5) is 0 Å². The van der Waals surface area contributed by atoms with Gasteiger partial charge in [0.05, 0.1) is 5.54 Å². The quantitative estimate of drug-likeness (QED) is 0.726. The number of hydrogen-bond acceptors (Lipinski definition) is 2. The fraction of sp³-hybridized carbons (Fsp3) is 0.583. The first-order valence-corrected chi connectivity index (χ1v) is 5.43. The van der Waals surface area contributed by atoms with Crippen molar-refractivity contribution in [3.8, 4) is 0 Å². The van der Waals surface area contributed by atoms with E-state index in [1.807, 2.05) is 12.2 Å². The van der Waals surface area contributed by atoms with Crippen molar-refractivity contribution in [2.24, 2.45) is 5.73 Å². The third kappa shape index (κ3) is 1.67. The van der Waals surface area contributed by atoms with Gasteiger partial charge in [0.2, 0.25) is 0 Å². The molecule has 0 amide bonds. The predicted molar refractivity (Wildman–Crippen MR) is 56.9 cm³/mol.